The van der Waals surface area contributed by atoms with Crippen molar-refractivity contribution >= 4 is 11.6 Å². The van der Waals surface area contributed by atoms with E-state index < -0.39 is 11.7 Å². The molecule has 0 amide bonds. The van der Waals surface area contributed by atoms with E-state index in [-0.39, 0.29) is 6.04 Å². The zero-order valence-corrected chi connectivity index (χ0v) is 9.78. The van der Waals surface area contributed by atoms with Crippen molar-refractivity contribution in [3.8, 4) is 0 Å². The van der Waals surface area contributed by atoms with Crippen LogP contribution >= 0.6 is 11.6 Å². The lowest BCUT2D eigenvalue weighted by atomic mass is 10.0. The first-order valence-corrected chi connectivity index (χ1v) is 5.25. The van der Waals surface area contributed by atoms with Gasteiger partial charge in [0.2, 0.25) is 0 Å². The van der Waals surface area contributed by atoms with Gasteiger partial charge in [-0.15, -0.1) is 0 Å². The van der Waals surface area contributed by atoms with E-state index in [1.54, 1.807) is 7.05 Å². The predicted octanol–water partition coefficient (Wildman–Crippen LogP) is 3.51. The number of rotatable bonds is 3. The van der Waals surface area contributed by atoms with Gasteiger partial charge in [0.05, 0.1) is 5.56 Å². The van der Waals surface area contributed by atoms with Crippen LogP contribution in [0.3, 0.4) is 0 Å². The fourth-order valence-electron chi connectivity index (χ4n) is 1.34. The minimum absolute atomic E-state index is 0.0842. The molecule has 0 fully saturated rings. The first kappa shape index (κ1) is 13.3. The minimum Gasteiger partial charge on any atom is -0.317 e. The molecular formula is C11H13ClF3N. The maximum absolute atomic E-state index is 12.5. The van der Waals surface area contributed by atoms with Gasteiger partial charge < -0.3 is 5.32 Å². The van der Waals surface area contributed by atoms with Crippen molar-refractivity contribution in [1.29, 1.82) is 0 Å². The summed E-state index contributed by atoms with van der Waals surface area (Å²) >= 11 is 5.85. The van der Waals surface area contributed by atoms with Crippen LogP contribution in [0.25, 0.3) is 0 Å². The van der Waals surface area contributed by atoms with Crippen molar-refractivity contribution in [3.05, 3.63) is 34.3 Å². The van der Waals surface area contributed by atoms with Crippen LogP contribution in [0.1, 0.15) is 18.1 Å². The molecule has 0 aromatic heterocycles. The first-order valence-electron chi connectivity index (χ1n) is 4.87. The number of hydrogen-bond acceptors (Lipinski definition) is 1. The molecule has 5 heteroatoms. The molecule has 1 rings (SSSR count). The second-order valence-electron chi connectivity index (χ2n) is 3.70. The highest BCUT2D eigenvalue weighted by Gasteiger charge is 2.30. The first-order chi connectivity index (χ1) is 7.34. The molecule has 0 aliphatic heterocycles. The van der Waals surface area contributed by atoms with E-state index in [0.717, 1.165) is 12.1 Å². The summed E-state index contributed by atoms with van der Waals surface area (Å²) in [4.78, 5) is 0. The van der Waals surface area contributed by atoms with Crippen molar-refractivity contribution in [3.63, 3.8) is 0 Å². The third-order valence-corrected chi connectivity index (χ3v) is 2.76. The Bertz CT molecular complexity index is 363. The van der Waals surface area contributed by atoms with Crippen LogP contribution in [0, 0.1) is 0 Å². The molecule has 1 atom stereocenters. The van der Waals surface area contributed by atoms with E-state index in [0.29, 0.717) is 17.0 Å². The number of alkyl halides is 3. The van der Waals surface area contributed by atoms with Gasteiger partial charge in [-0.1, -0.05) is 11.6 Å². The molecule has 0 aliphatic rings. The van der Waals surface area contributed by atoms with Crippen molar-refractivity contribution in [2.75, 3.05) is 7.05 Å². The molecule has 1 aromatic carbocycles. The van der Waals surface area contributed by atoms with E-state index in [4.69, 9.17) is 11.6 Å². The molecular weight excluding hydrogens is 239 g/mol. The van der Waals surface area contributed by atoms with Gasteiger partial charge in [0.15, 0.2) is 0 Å². The Kier molecular flexibility index (Phi) is 4.21. The van der Waals surface area contributed by atoms with Gasteiger partial charge in [0.1, 0.15) is 0 Å². The smallest absolute Gasteiger partial charge is 0.317 e. The lowest BCUT2D eigenvalue weighted by Gasteiger charge is -2.14. The summed E-state index contributed by atoms with van der Waals surface area (Å²) < 4.78 is 37.4. The third-order valence-electron chi connectivity index (χ3n) is 2.39. The summed E-state index contributed by atoms with van der Waals surface area (Å²) in [5, 5.41) is 3.33. The molecule has 0 saturated carbocycles. The lowest BCUT2D eigenvalue weighted by molar-refractivity contribution is -0.137. The number of benzene rings is 1. The average Bonchev–Trinajstić information content (AvgIpc) is 2.19. The van der Waals surface area contributed by atoms with Gasteiger partial charge in [0.25, 0.3) is 0 Å². The highest BCUT2D eigenvalue weighted by molar-refractivity contribution is 6.31. The van der Waals surface area contributed by atoms with E-state index in [1.807, 2.05) is 6.92 Å². The normalized spacial score (nSPS) is 13.9. The molecule has 1 nitrogen and oxygen atoms in total. The van der Waals surface area contributed by atoms with E-state index in [9.17, 15) is 13.2 Å². The number of likely N-dealkylation sites (N-methyl/N-ethyl adjacent to an activating group) is 1. The Hall–Kier alpha value is -0.740. The van der Waals surface area contributed by atoms with Crippen LogP contribution in [0.5, 0.6) is 0 Å². The summed E-state index contributed by atoms with van der Waals surface area (Å²) in [6.07, 6.45) is -3.85. The molecule has 0 aliphatic carbocycles. The topological polar surface area (TPSA) is 12.0 Å². The second-order valence-corrected chi connectivity index (χ2v) is 4.10. The van der Waals surface area contributed by atoms with Crippen LogP contribution < -0.4 is 5.32 Å². The third kappa shape index (κ3) is 3.39. The molecule has 1 unspecified atom stereocenters. The van der Waals surface area contributed by atoms with Gasteiger partial charge in [-0.2, -0.15) is 13.2 Å². The van der Waals surface area contributed by atoms with Crippen LogP contribution in [-0.4, -0.2) is 13.1 Å². The summed E-state index contributed by atoms with van der Waals surface area (Å²) in [5.41, 5.74) is -0.145. The van der Waals surface area contributed by atoms with Gasteiger partial charge in [-0.25, -0.2) is 0 Å². The molecule has 0 saturated heterocycles. The van der Waals surface area contributed by atoms with Crippen LogP contribution in [0.2, 0.25) is 5.02 Å². The highest BCUT2D eigenvalue weighted by atomic mass is 35.5. The maximum Gasteiger partial charge on any atom is 0.416 e. The number of halogens is 4. The van der Waals surface area contributed by atoms with Crippen molar-refractivity contribution < 1.29 is 13.2 Å². The fourth-order valence-corrected chi connectivity index (χ4v) is 1.53. The summed E-state index contributed by atoms with van der Waals surface area (Å²) in [5.74, 6) is 0. The largest absolute Gasteiger partial charge is 0.416 e. The monoisotopic (exact) mass is 251 g/mol. The second kappa shape index (κ2) is 5.06. The Labute approximate surface area is 97.6 Å². The molecule has 0 radical (unpaired) electrons. The van der Waals surface area contributed by atoms with Crippen LogP contribution in [-0.2, 0) is 12.6 Å². The molecule has 1 aromatic rings. The minimum atomic E-state index is -4.32. The van der Waals surface area contributed by atoms with Gasteiger partial charge in [0, 0.05) is 11.1 Å². The highest BCUT2D eigenvalue weighted by Crippen LogP contribution is 2.32. The Morgan fingerprint density at radius 1 is 1.38 bits per heavy atom. The maximum atomic E-state index is 12.5. The summed E-state index contributed by atoms with van der Waals surface area (Å²) in [6, 6.07) is 3.48. The van der Waals surface area contributed by atoms with E-state index >= 15 is 0 Å². The predicted molar refractivity (Wildman–Crippen MR) is 58.7 cm³/mol. The SMILES string of the molecule is CNC(C)Cc1cc(C(F)(F)F)ccc1Cl. The standard InChI is InChI=1S/C11H13ClF3N/c1-7(16-2)5-8-6-9(11(13,14)15)3-4-10(8)12/h3-4,6-7,16H,5H2,1-2H3. The Morgan fingerprint density at radius 3 is 2.50 bits per heavy atom. The van der Waals surface area contributed by atoms with Crippen molar-refractivity contribution in [2.24, 2.45) is 0 Å². The lowest BCUT2D eigenvalue weighted by Crippen LogP contribution is -2.23. The summed E-state index contributed by atoms with van der Waals surface area (Å²) in [7, 11) is 1.76. The molecule has 16 heavy (non-hydrogen) atoms. The molecule has 0 spiro atoms. The van der Waals surface area contributed by atoms with Gasteiger partial charge in [-0.3, -0.25) is 0 Å². The van der Waals surface area contributed by atoms with Gasteiger partial charge in [-0.05, 0) is 44.2 Å². The quantitative estimate of drug-likeness (QED) is 0.867. The molecule has 0 heterocycles. The Morgan fingerprint density at radius 2 is 2.00 bits per heavy atom. The zero-order chi connectivity index (χ0) is 12.3. The number of hydrogen-bond donors (Lipinski definition) is 1. The van der Waals surface area contributed by atoms with Crippen molar-refractivity contribution in [2.45, 2.75) is 25.6 Å². The van der Waals surface area contributed by atoms with Crippen LogP contribution in [0.15, 0.2) is 18.2 Å². The average molecular weight is 252 g/mol. The zero-order valence-electron chi connectivity index (χ0n) is 9.03. The van der Waals surface area contributed by atoms with E-state index in [2.05, 4.69) is 5.32 Å². The van der Waals surface area contributed by atoms with Crippen LogP contribution in [0.4, 0.5) is 13.2 Å². The molecule has 0 bridgehead atoms. The molecule has 90 valence electrons. The molecule has 1 N–H and O–H groups in total. The van der Waals surface area contributed by atoms with Gasteiger partial charge >= 0.3 is 6.18 Å². The van der Waals surface area contributed by atoms with Crippen molar-refractivity contribution in [1.82, 2.24) is 5.32 Å². The van der Waals surface area contributed by atoms with E-state index in [1.165, 1.54) is 6.07 Å². The Balaban J connectivity index is 3.00. The number of nitrogens with one attached hydrogen (secondary N) is 1. The fraction of sp³-hybridized carbons (Fsp3) is 0.455. The summed E-state index contributed by atoms with van der Waals surface area (Å²) in [6.45, 7) is 1.89.